The van der Waals surface area contributed by atoms with Gasteiger partial charge in [0.1, 0.15) is 30.6 Å². The van der Waals surface area contributed by atoms with Crippen molar-refractivity contribution in [3.63, 3.8) is 0 Å². The number of benzene rings is 3. The molecule has 5 rings (SSSR count). The molecule has 2 heterocycles. The number of methoxy groups -OCH3 is 2. The zero-order chi connectivity index (χ0) is 30.0. The second-order valence-corrected chi connectivity index (χ2v) is 9.87. The summed E-state index contributed by atoms with van der Waals surface area (Å²) in [6.45, 7) is 2.14. The molecular formula is C31H37N7O5. The van der Waals surface area contributed by atoms with Crippen LogP contribution in [0.15, 0.2) is 72.9 Å². The van der Waals surface area contributed by atoms with E-state index in [0.29, 0.717) is 49.3 Å². The first kappa shape index (κ1) is 30.3. The van der Waals surface area contributed by atoms with E-state index in [9.17, 15) is 10.2 Å². The van der Waals surface area contributed by atoms with Gasteiger partial charge in [-0.2, -0.15) is 5.10 Å². The molecule has 0 fully saturated rings. The van der Waals surface area contributed by atoms with Gasteiger partial charge in [-0.1, -0.05) is 24.3 Å². The van der Waals surface area contributed by atoms with Gasteiger partial charge in [0.05, 0.1) is 42.6 Å². The fraction of sp³-hybridized carbons (Fsp3) is 0.323. The van der Waals surface area contributed by atoms with Gasteiger partial charge in [0.25, 0.3) is 0 Å². The van der Waals surface area contributed by atoms with Crippen molar-refractivity contribution >= 4 is 33.3 Å². The van der Waals surface area contributed by atoms with Crippen LogP contribution in [-0.2, 0) is 9.47 Å². The lowest BCUT2D eigenvalue weighted by atomic mass is 10.1. The Balaban J connectivity index is 1.55. The smallest absolute Gasteiger partial charge is 0.165 e. The van der Waals surface area contributed by atoms with Gasteiger partial charge in [0.2, 0.25) is 0 Å². The van der Waals surface area contributed by atoms with Gasteiger partial charge in [-0.25, -0.2) is 9.97 Å². The molecule has 0 radical (unpaired) electrons. The van der Waals surface area contributed by atoms with Crippen LogP contribution in [0.3, 0.4) is 0 Å². The number of aromatic nitrogens is 4. The molecule has 12 heteroatoms. The van der Waals surface area contributed by atoms with Crippen LogP contribution in [0.2, 0.25) is 0 Å². The Kier molecular flexibility index (Phi) is 10.4. The van der Waals surface area contributed by atoms with Crippen LogP contribution in [0.25, 0.3) is 33.2 Å². The first-order chi connectivity index (χ1) is 21.1. The fourth-order valence-corrected chi connectivity index (χ4v) is 4.70. The Labute approximate surface area is 249 Å². The van der Waals surface area contributed by atoms with E-state index in [1.54, 1.807) is 20.4 Å². The van der Waals surface area contributed by atoms with Crippen LogP contribution in [-0.4, -0.2) is 96.5 Å². The number of hydrogen-bond donors (Lipinski definition) is 5. The zero-order valence-electron chi connectivity index (χ0n) is 24.2. The van der Waals surface area contributed by atoms with Crippen molar-refractivity contribution in [3.05, 3.63) is 72.9 Å². The Hall–Kier alpha value is -4.17. The Morgan fingerprint density at radius 2 is 1.63 bits per heavy atom. The molecule has 0 aliphatic rings. The molecule has 5 aromatic rings. The lowest BCUT2D eigenvalue weighted by Crippen LogP contribution is -2.41. The lowest BCUT2D eigenvalue weighted by molar-refractivity contribution is 0.0708. The highest BCUT2D eigenvalue weighted by atomic mass is 16.5. The summed E-state index contributed by atoms with van der Waals surface area (Å²) in [4.78, 5) is 11.9. The highest BCUT2D eigenvalue weighted by molar-refractivity contribution is 5.94. The molecule has 0 saturated carbocycles. The zero-order valence-corrected chi connectivity index (χ0v) is 24.2. The normalized spacial score (nSPS) is 12.9. The molecule has 0 bridgehead atoms. The molecule has 5 N–H and O–H groups in total. The summed E-state index contributed by atoms with van der Waals surface area (Å²) in [5.74, 6) is 1.60. The van der Waals surface area contributed by atoms with Gasteiger partial charge >= 0.3 is 0 Å². The number of aromatic amines is 1. The minimum atomic E-state index is -0.880. The standard InChI is InChI=1S/C31H37N7O5/c1-41-15-13-32-28(39)19-38(22-11-12-25-21(17-22)18-34-37-25)31-23-7-3-5-9-26(23)35-30(36-31)24-8-4-6-10-27(24)43-20-29(40)33-14-16-42-2/h3-12,17-18,28-29,32-33,39-40H,13-16,19-20H2,1-2H3,(H,34,37). The molecule has 0 aliphatic heterocycles. The minimum Gasteiger partial charge on any atom is -0.489 e. The van der Waals surface area contributed by atoms with Crippen LogP contribution in [0.5, 0.6) is 5.75 Å². The van der Waals surface area contributed by atoms with Crippen molar-refractivity contribution < 1.29 is 24.4 Å². The number of ether oxygens (including phenoxy) is 3. The first-order valence-electron chi connectivity index (χ1n) is 14.1. The summed E-state index contributed by atoms with van der Waals surface area (Å²) < 4.78 is 16.2. The maximum absolute atomic E-state index is 11.0. The maximum atomic E-state index is 11.0. The average molecular weight is 588 g/mol. The van der Waals surface area contributed by atoms with Crippen molar-refractivity contribution in [2.24, 2.45) is 0 Å². The molecule has 0 amide bonds. The molecule has 12 nitrogen and oxygen atoms in total. The van der Waals surface area contributed by atoms with E-state index in [-0.39, 0.29) is 13.2 Å². The van der Waals surface area contributed by atoms with Gasteiger partial charge in [0, 0.05) is 43.8 Å². The van der Waals surface area contributed by atoms with Crippen molar-refractivity contribution in [1.82, 2.24) is 30.8 Å². The fourth-order valence-electron chi connectivity index (χ4n) is 4.70. The summed E-state index contributed by atoms with van der Waals surface area (Å²) in [7, 11) is 3.23. The Morgan fingerprint density at radius 1 is 0.884 bits per heavy atom. The highest BCUT2D eigenvalue weighted by Gasteiger charge is 2.22. The van der Waals surface area contributed by atoms with Crippen molar-refractivity contribution in [2.75, 3.05) is 58.6 Å². The number of rotatable bonds is 16. The molecule has 43 heavy (non-hydrogen) atoms. The van der Waals surface area contributed by atoms with Crippen molar-refractivity contribution in [1.29, 1.82) is 0 Å². The van der Waals surface area contributed by atoms with Gasteiger partial charge in [0.15, 0.2) is 5.82 Å². The predicted molar refractivity (Wildman–Crippen MR) is 165 cm³/mol. The van der Waals surface area contributed by atoms with Crippen LogP contribution in [0, 0.1) is 0 Å². The molecule has 226 valence electrons. The van der Waals surface area contributed by atoms with E-state index in [1.165, 1.54) is 0 Å². The van der Waals surface area contributed by atoms with E-state index in [4.69, 9.17) is 24.2 Å². The summed E-state index contributed by atoms with van der Waals surface area (Å²) in [6.07, 6.45) is 0.00624. The van der Waals surface area contributed by atoms with Crippen LogP contribution >= 0.6 is 0 Å². The monoisotopic (exact) mass is 587 g/mol. The van der Waals surface area contributed by atoms with Gasteiger partial charge in [-0.05, 0) is 42.5 Å². The molecular weight excluding hydrogens is 550 g/mol. The number of nitrogens with zero attached hydrogens (tertiary/aromatic N) is 4. The number of aliphatic hydroxyl groups excluding tert-OH is 2. The van der Waals surface area contributed by atoms with Crippen molar-refractivity contribution in [2.45, 2.75) is 12.5 Å². The van der Waals surface area contributed by atoms with Gasteiger partial charge < -0.3 is 29.3 Å². The van der Waals surface area contributed by atoms with Crippen LogP contribution in [0.1, 0.15) is 0 Å². The summed E-state index contributed by atoms with van der Waals surface area (Å²) in [5, 5.41) is 36.3. The third kappa shape index (κ3) is 7.62. The lowest BCUT2D eigenvalue weighted by Gasteiger charge is -2.28. The SMILES string of the molecule is COCCNC(O)COc1ccccc1-c1nc(N(CC(O)NCCOC)c2ccc3[nH]ncc3c2)c2ccccc2n1. The molecule has 0 saturated heterocycles. The van der Waals surface area contributed by atoms with Crippen molar-refractivity contribution in [3.8, 4) is 17.1 Å². The topological polar surface area (TPSA) is 150 Å². The third-order valence-electron chi connectivity index (χ3n) is 6.83. The quantitative estimate of drug-likeness (QED) is 0.0857. The van der Waals surface area contributed by atoms with E-state index < -0.39 is 12.5 Å². The van der Waals surface area contributed by atoms with E-state index in [2.05, 4.69) is 20.8 Å². The summed E-state index contributed by atoms with van der Waals surface area (Å²) in [6, 6.07) is 21.1. The molecule has 0 aliphatic carbocycles. The largest absolute Gasteiger partial charge is 0.489 e. The van der Waals surface area contributed by atoms with Crippen LogP contribution in [0.4, 0.5) is 11.5 Å². The third-order valence-corrected chi connectivity index (χ3v) is 6.83. The number of para-hydroxylation sites is 2. The highest BCUT2D eigenvalue weighted by Crippen LogP contribution is 2.35. The number of aliphatic hydroxyl groups is 2. The molecule has 2 aromatic heterocycles. The number of hydrogen-bond acceptors (Lipinski definition) is 11. The van der Waals surface area contributed by atoms with Crippen LogP contribution < -0.4 is 20.3 Å². The molecule has 3 aromatic carbocycles. The molecule has 2 unspecified atom stereocenters. The summed E-state index contributed by atoms with van der Waals surface area (Å²) >= 11 is 0. The molecule has 2 atom stereocenters. The van der Waals surface area contributed by atoms with E-state index in [1.807, 2.05) is 71.6 Å². The maximum Gasteiger partial charge on any atom is 0.165 e. The number of nitrogens with one attached hydrogen (secondary N) is 3. The molecule has 0 spiro atoms. The Morgan fingerprint density at radius 3 is 2.44 bits per heavy atom. The average Bonchev–Trinajstić information content (AvgIpc) is 3.51. The van der Waals surface area contributed by atoms with Gasteiger partial charge in [-0.15, -0.1) is 0 Å². The second-order valence-electron chi connectivity index (χ2n) is 9.87. The predicted octanol–water partition coefficient (Wildman–Crippen LogP) is 2.80. The second kappa shape index (κ2) is 14.8. The minimum absolute atomic E-state index is 0.0251. The number of fused-ring (bicyclic) bond motifs is 2. The van der Waals surface area contributed by atoms with E-state index in [0.717, 1.165) is 27.5 Å². The first-order valence-corrected chi connectivity index (χ1v) is 14.1. The van der Waals surface area contributed by atoms with E-state index >= 15 is 0 Å². The number of anilines is 2. The Bertz CT molecular complexity index is 1610. The summed E-state index contributed by atoms with van der Waals surface area (Å²) in [5.41, 5.74) is 3.13. The van der Waals surface area contributed by atoms with Gasteiger partial charge in [-0.3, -0.25) is 15.7 Å². The number of H-pyrrole nitrogens is 1.